The van der Waals surface area contributed by atoms with Crippen LogP contribution in [0.3, 0.4) is 0 Å². The molecule has 0 aliphatic heterocycles. The minimum Gasteiger partial charge on any atom is -0.497 e. The summed E-state index contributed by atoms with van der Waals surface area (Å²) in [6.07, 6.45) is 1.28. The third kappa shape index (κ3) is 8.72. The summed E-state index contributed by atoms with van der Waals surface area (Å²) < 4.78 is 37.8. The molecule has 0 aliphatic rings. The van der Waals surface area contributed by atoms with Crippen molar-refractivity contribution in [3.05, 3.63) is 89.5 Å². The van der Waals surface area contributed by atoms with E-state index in [1.54, 1.807) is 12.1 Å². The molecule has 0 heterocycles. The van der Waals surface area contributed by atoms with Crippen molar-refractivity contribution in [2.24, 2.45) is 0 Å². The molecule has 0 fully saturated rings. The van der Waals surface area contributed by atoms with E-state index in [1.807, 2.05) is 75.4 Å². The van der Waals surface area contributed by atoms with E-state index in [2.05, 4.69) is 5.32 Å². The number of hydrogen-bond acceptors (Lipinski definition) is 6. The van der Waals surface area contributed by atoms with Crippen LogP contribution in [0, 0.1) is 6.92 Å². The number of rotatable bonds is 13. The third-order valence-corrected chi connectivity index (χ3v) is 7.64. The van der Waals surface area contributed by atoms with Crippen molar-refractivity contribution in [1.82, 2.24) is 10.2 Å². The highest BCUT2D eigenvalue weighted by Crippen LogP contribution is 2.33. The highest BCUT2D eigenvalue weighted by Gasteiger charge is 2.34. The summed E-state index contributed by atoms with van der Waals surface area (Å²) in [6.45, 7) is 5.25. The second-order valence-electron chi connectivity index (χ2n) is 10.2. The normalized spacial score (nSPS) is 12.0. The van der Waals surface area contributed by atoms with Crippen LogP contribution in [0.1, 0.15) is 30.5 Å². The average molecular weight is 582 g/mol. The van der Waals surface area contributed by atoms with Gasteiger partial charge in [-0.3, -0.25) is 13.9 Å². The molecule has 41 heavy (non-hydrogen) atoms. The molecular weight excluding hydrogens is 542 g/mol. The zero-order valence-electron chi connectivity index (χ0n) is 24.5. The van der Waals surface area contributed by atoms with Crippen molar-refractivity contribution in [3.63, 3.8) is 0 Å². The number of ether oxygens (including phenoxy) is 2. The maximum absolute atomic E-state index is 14.2. The van der Waals surface area contributed by atoms with Crippen molar-refractivity contribution in [2.45, 2.75) is 45.8 Å². The highest BCUT2D eigenvalue weighted by atomic mass is 32.2. The first kappa shape index (κ1) is 31.5. The van der Waals surface area contributed by atoms with Gasteiger partial charge in [-0.2, -0.15) is 0 Å². The first-order valence-electron chi connectivity index (χ1n) is 13.3. The molecule has 2 amide bonds. The van der Waals surface area contributed by atoms with E-state index in [9.17, 15) is 18.0 Å². The van der Waals surface area contributed by atoms with Crippen LogP contribution < -0.4 is 19.1 Å². The molecule has 3 aromatic carbocycles. The Morgan fingerprint density at radius 1 is 0.902 bits per heavy atom. The number of anilines is 1. The van der Waals surface area contributed by atoms with Gasteiger partial charge in [-0.25, -0.2) is 8.42 Å². The molecule has 9 nitrogen and oxygen atoms in total. The molecule has 0 unspecified atom stereocenters. The lowest BCUT2D eigenvalue weighted by Crippen LogP contribution is -2.54. The summed E-state index contributed by atoms with van der Waals surface area (Å²) >= 11 is 0. The van der Waals surface area contributed by atoms with Crippen LogP contribution in [-0.4, -0.2) is 64.2 Å². The molecule has 3 aromatic rings. The van der Waals surface area contributed by atoms with Gasteiger partial charge in [0.15, 0.2) is 0 Å². The predicted octanol–water partition coefficient (Wildman–Crippen LogP) is 3.94. The lowest BCUT2D eigenvalue weighted by atomic mass is 10.0. The minimum atomic E-state index is -3.94. The number of nitrogens with one attached hydrogen (secondary N) is 1. The quantitative estimate of drug-likeness (QED) is 0.328. The Kier molecular flexibility index (Phi) is 10.8. The Morgan fingerprint density at radius 2 is 1.56 bits per heavy atom. The van der Waals surface area contributed by atoms with Crippen molar-refractivity contribution in [2.75, 3.05) is 31.3 Å². The highest BCUT2D eigenvalue weighted by molar-refractivity contribution is 7.92. The Hall–Kier alpha value is -4.05. The molecule has 220 valence electrons. The smallest absolute Gasteiger partial charge is 0.244 e. The summed E-state index contributed by atoms with van der Waals surface area (Å²) in [6, 6.07) is 20.7. The molecule has 0 saturated carbocycles. The van der Waals surface area contributed by atoms with Gasteiger partial charge in [-0.05, 0) is 44.0 Å². The number of aryl methyl sites for hydroxylation is 1. The molecule has 0 saturated heterocycles. The third-order valence-electron chi connectivity index (χ3n) is 6.51. The fourth-order valence-electron chi connectivity index (χ4n) is 4.41. The van der Waals surface area contributed by atoms with E-state index in [1.165, 1.54) is 25.2 Å². The number of hydrogen-bond donors (Lipinski definition) is 1. The molecule has 1 atom stereocenters. The van der Waals surface area contributed by atoms with Crippen molar-refractivity contribution >= 4 is 27.5 Å². The van der Waals surface area contributed by atoms with E-state index in [0.717, 1.165) is 27.3 Å². The van der Waals surface area contributed by atoms with Gasteiger partial charge in [0.05, 0.1) is 26.2 Å². The van der Waals surface area contributed by atoms with Crippen LogP contribution in [0.2, 0.25) is 0 Å². The van der Waals surface area contributed by atoms with Gasteiger partial charge in [-0.15, -0.1) is 0 Å². The van der Waals surface area contributed by atoms with Gasteiger partial charge < -0.3 is 19.7 Å². The Bertz CT molecular complexity index is 1430. The van der Waals surface area contributed by atoms with Crippen molar-refractivity contribution < 1.29 is 27.5 Å². The summed E-state index contributed by atoms with van der Waals surface area (Å²) in [5, 5.41) is 2.94. The van der Waals surface area contributed by atoms with Gasteiger partial charge in [-0.1, -0.05) is 60.2 Å². The fourth-order valence-corrected chi connectivity index (χ4v) is 5.26. The SMILES string of the molecule is COc1ccc(N(CC(=O)N(Cc2ccc(C)cc2)[C@H](Cc2ccccc2)C(=O)NC(C)C)S(C)(=O)=O)c(OC)c1. The maximum atomic E-state index is 14.2. The molecule has 0 radical (unpaired) electrons. The fraction of sp³-hybridized carbons (Fsp3) is 0.355. The number of sulfonamides is 1. The topological polar surface area (TPSA) is 105 Å². The molecule has 10 heteroatoms. The summed E-state index contributed by atoms with van der Waals surface area (Å²) in [5.41, 5.74) is 2.92. The number of methoxy groups -OCH3 is 2. The first-order valence-corrected chi connectivity index (χ1v) is 15.2. The van der Waals surface area contributed by atoms with Crippen molar-refractivity contribution in [3.8, 4) is 11.5 Å². The van der Waals surface area contributed by atoms with E-state index >= 15 is 0 Å². The monoisotopic (exact) mass is 581 g/mol. The summed E-state index contributed by atoms with van der Waals surface area (Å²) in [4.78, 5) is 29.2. The van der Waals surface area contributed by atoms with Crippen LogP contribution >= 0.6 is 0 Å². The van der Waals surface area contributed by atoms with E-state index in [4.69, 9.17) is 9.47 Å². The van der Waals surface area contributed by atoms with E-state index < -0.39 is 28.5 Å². The largest absolute Gasteiger partial charge is 0.497 e. The first-order chi connectivity index (χ1) is 19.4. The van der Waals surface area contributed by atoms with Crippen LogP contribution in [0.4, 0.5) is 5.69 Å². The number of benzene rings is 3. The zero-order chi connectivity index (χ0) is 30.2. The molecule has 0 aliphatic carbocycles. The van der Waals surface area contributed by atoms with Gasteiger partial charge in [0.2, 0.25) is 21.8 Å². The minimum absolute atomic E-state index is 0.111. The van der Waals surface area contributed by atoms with Crippen LogP contribution in [0.25, 0.3) is 0 Å². The van der Waals surface area contributed by atoms with Crippen LogP contribution in [0.5, 0.6) is 11.5 Å². The molecule has 0 aromatic heterocycles. The Morgan fingerprint density at radius 3 is 2.12 bits per heavy atom. The molecular formula is C31H39N3O6S. The lowest BCUT2D eigenvalue weighted by molar-refractivity contribution is -0.140. The summed E-state index contributed by atoms with van der Waals surface area (Å²) in [5.74, 6) is -0.156. The van der Waals surface area contributed by atoms with Gasteiger partial charge in [0.25, 0.3) is 0 Å². The van der Waals surface area contributed by atoms with Gasteiger partial charge >= 0.3 is 0 Å². The number of amides is 2. The molecule has 3 rings (SSSR count). The number of carbonyl (C=O) groups is 2. The van der Waals surface area contributed by atoms with E-state index in [-0.39, 0.29) is 36.4 Å². The van der Waals surface area contributed by atoms with Crippen molar-refractivity contribution in [1.29, 1.82) is 0 Å². The maximum Gasteiger partial charge on any atom is 0.244 e. The molecule has 0 spiro atoms. The number of carbonyl (C=O) groups excluding carboxylic acids is 2. The zero-order valence-corrected chi connectivity index (χ0v) is 25.3. The Labute approximate surface area is 243 Å². The second-order valence-corrected chi connectivity index (χ2v) is 12.1. The van der Waals surface area contributed by atoms with Crippen LogP contribution in [0.15, 0.2) is 72.8 Å². The second kappa shape index (κ2) is 14.0. The average Bonchev–Trinajstić information content (AvgIpc) is 2.93. The van der Waals surface area contributed by atoms with Gasteiger partial charge in [0, 0.05) is 25.1 Å². The molecule has 1 N–H and O–H groups in total. The summed E-state index contributed by atoms with van der Waals surface area (Å²) in [7, 11) is -1.03. The Balaban J connectivity index is 2.08. The van der Waals surface area contributed by atoms with Crippen LogP contribution in [-0.2, 0) is 32.6 Å². The molecule has 0 bridgehead atoms. The van der Waals surface area contributed by atoms with E-state index in [0.29, 0.717) is 5.75 Å². The standard InChI is InChI=1S/C31H39N3O6S/c1-22(2)32-31(36)28(18-24-10-8-7-9-11-24)33(20-25-14-12-23(3)13-15-25)30(35)21-34(41(6,37)38)27-17-16-26(39-4)19-29(27)40-5/h7-17,19,22,28H,18,20-21H2,1-6H3,(H,32,36)/t28-/m1/s1. The predicted molar refractivity (Wildman–Crippen MR) is 161 cm³/mol. The van der Waals surface area contributed by atoms with Gasteiger partial charge in [0.1, 0.15) is 24.1 Å². The number of nitrogens with zero attached hydrogens (tertiary/aromatic N) is 2. The lowest BCUT2D eigenvalue weighted by Gasteiger charge is -2.34.